The largest absolute Gasteiger partial charge is 0.352 e. The second kappa shape index (κ2) is 8.22. The molecule has 3 rings (SSSR count). The van der Waals surface area contributed by atoms with E-state index < -0.39 is 16.1 Å². The van der Waals surface area contributed by atoms with Gasteiger partial charge in [0.15, 0.2) is 0 Å². The zero-order valence-electron chi connectivity index (χ0n) is 15.5. The first-order valence-corrected chi connectivity index (χ1v) is 11.3. The third kappa shape index (κ3) is 4.75. The number of nitrogens with zero attached hydrogens (tertiary/aromatic N) is 3. The van der Waals surface area contributed by atoms with Crippen LogP contribution in [0.4, 0.5) is 0 Å². The van der Waals surface area contributed by atoms with Crippen LogP contribution in [0.1, 0.15) is 39.0 Å². The standard InChI is InChI=1S/C17H30N4O4S/c1-2-12-26(24,25)21-7-3-4-15(21)17(23)20-10-8-19(9-11-20)13-16(22)18-14-5-6-14/h14-15H,2-13H2,1H3,(H,18,22). The Morgan fingerprint density at radius 2 is 1.73 bits per heavy atom. The molecule has 2 saturated heterocycles. The van der Waals surface area contributed by atoms with Crippen LogP contribution >= 0.6 is 0 Å². The molecule has 1 saturated carbocycles. The summed E-state index contributed by atoms with van der Waals surface area (Å²) in [5, 5.41) is 2.98. The highest BCUT2D eigenvalue weighted by Gasteiger charge is 2.40. The van der Waals surface area contributed by atoms with Crippen molar-refractivity contribution in [3.05, 3.63) is 0 Å². The summed E-state index contributed by atoms with van der Waals surface area (Å²) in [6.45, 7) is 5.06. The van der Waals surface area contributed by atoms with Crippen molar-refractivity contribution in [2.75, 3.05) is 45.0 Å². The van der Waals surface area contributed by atoms with Gasteiger partial charge in [-0.1, -0.05) is 6.92 Å². The number of carbonyl (C=O) groups excluding carboxylic acids is 2. The smallest absolute Gasteiger partial charge is 0.241 e. The van der Waals surface area contributed by atoms with Crippen molar-refractivity contribution >= 4 is 21.8 Å². The van der Waals surface area contributed by atoms with Crippen LogP contribution < -0.4 is 5.32 Å². The van der Waals surface area contributed by atoms with E-state index in [1.165, 1.54) is 4.31 Å². The van der Waals surface area contributed by atoms with Gasteiger partial charge in [-0.2, -0.15) is 4.31 Å². The average Bonchev–Trinajstić information content (AvgIpc) is 3.25. The van der Waals surface area contributed by atoms with Crippen molar-refractivity contribution in [3.63, 3.8) is 0 Å². The van der Waals surface area contributed by atoms with Gasteiger partial charge in [0.1, 0.15) is 6.04 Å². The normalized spacial score (nSPS) is 25.4. The minimum Gasteiger partial charge on any atom is -0.352 e. The second-order valence-electron chi connectivity index (χ2n) is 7.53. The average molecular weight is 387 g/mol. The highest BCUT2D eigenvalue weighted by molar-refractivity contribution is 7.89. The van der Waals surface area contributed by atoms with Gasteiger partial charge in [-0.05, 0) is 32.1 Å². The van der Waals surface area contributed by atoms with Gasteiger partial charge in [0.05, 0.1) is 12.3 Å². The van der Waals surface area contributed by atoms with Crippen LogP contribution in [0.25, 0.3) is 0 Å². The Morgan fingerprint density at radius 3 is 2.35 bits per heavy atom. The summed E-state index contributed by atoms with van der Waals surface area (Å²) in [4.78, 5) is 28.6. The molecule has 3 aliphatic rings. The van der Waals surface area contributed by atoms with Crippen LogP contribution in [-0.4, -0.2) is 91.4 Å². The Kier molecular flexibility index (Phi) is 6.19. The van der Waals surface area contributed by atoms with Crippen LogP contribution in [0.5, 0.6) is 0 Å². The molecule has 26 heavy (non-hydrogen) atoms. The molecule has 0 aromatic rings. The maximum atomic E-state index is 12.9. The van der Waals surface area contributed by atoms with Crippen LogP contribution in [0.3, 0.4) is 0 Å². The molecule has 0 radical (unpaired) electrons. The predicted octanol–water partition coefficient (Wildman–Crippen LogP) is -0.387. The summed E-state index contributed by atoms with van der Waals surface area (Å²) in [5.41, 5.74) is 0. The van der Waals surface area contributed by atoms with Crippen LogP contribution in [0.15, 0.2) is 0 Å². The highest BCUT2D eigenvalue weighted by atomic mass is 32.2. The minimum absolute atomic E-state index is 0.0555. The first-order valence-electron chi connectivity index (χ1n) is 9.70. The Morgan fingerprint density at radius 1 is 1.04 bits per heavy atom. The molecule has 0 spiro atoms. The molecule has 1 aliphatic carbocycles. The molecule has 9 heteroatoms. The third-order valence-corrected chi connectivity index (χ3v) is 7.38. The van der Waals surface area contributed by atoms with E-state index in [-0.39, 0.29) is 17.6 Å². The van der Waals surface area contributed by atoms with E-state index in [9.17, 15) is 18.0 Å². The van der Waals surface area contributed by atoms with Gasteiger partial charge in [0.2, 0.25) is 21.8 Å². The molecule has 0 aromatic heterocycles. The lowest BCUT2D eigenvalue weighted by molar-refractivity contribution is -0.136. The molecule has 2 aliphatic heterocycles. The molecule has 1 N–H and O–H groups in total. The van der Waals surface area contributed by atoms with Gasteiger partial charge in [-0.3, -0.25) is 14.5 Å². The summed E-state index contributed by atoms with van der Waals surface area (Å²) in [6, 6.07) is -0.181. The van der Waals surface area contributed by atoms with Crippen molar-refractivity contribution < 1.29 is 18.0 Å². The van der Waals surface area contributed by atoms with Crippen molar-refractivity contribution in [1.29, 1.82) is 0 Å². The van der Waals surface area contributed by atoms with E-state index in [4.69, 9.17) is 0 Å². The lowest BCUT2D eigenvalue weighted by Crippen LogP contribution is -2.55. The SMILES string of the molecule is CCCS(=O)(=O)N1CCCC1C(=O)N1CCN(CC(=O)NC2CC2)CC1. The molecular formula is C17H30N4O4S. The summed E-state index contributed by atoms with van der Waals surface area (Å²) >= 11 is 0. The van der Waals surface area contributed by atoms with Crippen molar-refractivity contribution in [2.24, 2.45) is 0 Å². The molecule has 148 valence electrons. The maximum Gasteiger partial charge on any atom is 0.241 e. The maximum absolute atomic E-state index is 12.9. The van der Waals surface area contributed by atoms with Gasteiger partial charge >= 0.3 is 0 Å². The zero-order chi connectivity index (χ0) is 18.7. The molecule has 2 amide bonds. The predicted molar refractivity (Wildman–Crippen MR) is 98.0 cm³/mol. The third-order valence-electron chi connectivity index (χ3n) is 5.30. The van der Waals surface area contributed by atoms with E-state index in [1.807, 2.05) is 6.92 Å². The number of nitrogens with one attached hydrogen (secondary N) is 1. The minimum atomic E-state index is -3.35. The van der Waals surface area contributed by atoms with E-state index in [2.05, 4.69) is 10.2 Å². The van der Waals surface area contributed by atoms with Crippen LogP contribution in [0.2, 0.25) is 0 Å². The molecule has 0 bridgehead atoms. The van der Waals surface area contributed by atoms with Crippen LogP contribution in [-0.2, 0) is 19.6 Å². The van der Waals surface area contributed by atoms with Gasteiger partial charge in [-0.15, -0.1) is 0 Å². The van der Waals surface area contributed by atoms with Crippen molar-refractivity contribution in [1.82, 2.24) is 19.4 Å². The summed E-state index contributed by atoms with van der Waals surface area (Å²) < 4.78 is 26.2. The number of rotatable bonds is 7. The Bertz CT molecular complexity index is 627. The summed E-state index contributed by atoms with van der Waals surface area (Å²) in [7, 11) is -3.35. The summed E-state index contributed by atoms with van der Waals surface area (Å²) in [5.74, 6) is 0.0740. The number of amides is 2. The number of hydrogen-bond donors (Lipinski definition) is 1. The highest BCUT2D eigenvalue weighted by Crippen LogP contribution is 2.24. The number of carbonyl (C=O) groups is 2. The fourth-order valence-corrected chi connectivity index (χ4v) is 5.48. The van der Waals surface area contributed by atoms with E-state index >= 15 is 0 Å². The Hall–Kier alpha value is -1.19. The van der Waals surface area contributed by atoms with Gasteiger partial charge in [-0.25, -0.2) is 8.42 Å². The monoisotopic (exact) mass is 386 g/mol. The molecular weight excluding hydrogens is 356 g/mol. The Labute approximate surface area is 155 Å². The Balaban J connectivity index is 1.50. The van der Waals surface area contributed by atoms with Gasteiger partial charge in [0, 0.05) is 38.8 Å². The zero-order valence-corrected chi connectivity index (χ0v) is 16.3. The molecule has 8 nitrogen and oxygen atoms in total. The van der Waals surface area contributed by atoms with E-state index in [1.54, 1.807) is 4.90 Å². The summed E-state index contributed by atoms with van der Waals surface area (Å²) in [6.07, 6.45) is 4.05. The molecule has 1 atom stereocenters. The molecule has 0 aromatic carbocycles. The molecule has 3 fully saturated rings. The van der Waals surface area contributed by atoms with Gasteiger partial charge in [0.25, 0.3) is 0 Å². The quantitative estimate of drug-likeness (QED) is 0.644. The van der Waals surface area contributed by atoms with Gasteiger partial charge < -0.3 is 10.2 Å². The van der Waals surface area contributed by atoms with E-state index in [0.29, 0.717) is 58.2 Å². The molecule has 2 heterocycles. The fraction of sp³-hybridized carbons (Fsp3) is 0.882. The van der Waals surface area contributed by atoms with E-state index in [0.717, 1.165) is 19.3 Å². The fourth-order valence-electron chi connectivity index (χ4n) is 3.74. The first kappa shape index (κ1) is 19.6. The number of sulfonamides is 1. The topological polar surface area (TPSA) is 90.0 Å². The number of hydrogen-bond acceptors (Lipinski definition) is 5. The molecule has 1 unspecified atom stereocenters. The lowest BCUT2D eigenvalue weighted by atomic mass is 10.2. The van der Waals surface area contributed by atoms with Crippen LogP contribution in [0, 0.1) is 0 Å². The second-order valence-corrected chi connectivity index (χ2v) is 9.57. The lowest BCUT2D eigenvalue weighted by Gasteiger charge is -2.36. The number of piperazine rings is 1. The van der Waals surface area contributed by atoms with Crippen molar-refractivity contribution in [3.8, 4) is 0 Å². The van der Waals surface area contributed by atoms with Crippen molar-refractivity contribution in [2.45, 2.75) is 51.1 Å². The first-order chi connectivity index (χ1) is 12.4.